The van der Waals surface area contributed by atoms with E-state index in [1.807, 2.05) is 31.2 Å². The molecule has 1 heterocycles. The molecular formula is C21H21ClN4O3. The van der Waals surface area contributed by atoms with Crippen LogP contribution in [0.25, 0.3) is 5.69 Å². The molecule has 0 spiro atoms. The number of hydrogen-bond acceptors (Lipinski definition) is 6. The fourth-order valence-electron chi connectivity index (χ4n) is 2.52. The number of hydrazone groups is 1. The van der Waals surface area contributed by atoms with E-state index >= 15 is 0 Å². The van der Waals surface area contributed by atoms with Crippen molar-refractivity contribution in [1.82, 2.24) is 9.78 Å². The average Bonchev–Trinajstić information content (AvgIpc) is 2.76. The Morgan fingerprint density at radius 3 is 2.69 bits per heavy atom. The predicted molar refractivity (Wildman–Crippen MR) is 115 cm³/mol. The molecule has 7 nitrogen and oxygen atoms in total. The van der Waals surface area contributed by atoms with Gasteiger partial charge in [-0.3, -0.25) is 10.2 Å². The summed E-state index contributed by atoms with van der Waals surface area (Å²) in [7, 11) is 1.58. The minimum atomic E-state index is -0.455. The summed E-state index contributed by atoms with van der Waals surface area (Å²) < 4.78 is 12.0. The maximum atomic E-state index is 12.6. The maximum absolute atomic E-state index is 12.6. The predicted octanol–water partition coefficient (Wildman–Crippen LogP) is 4.13. The van der Waals surface area contributed by atoms with Gasteiger partial charge in [-0.2, -0.15) is 14.9 Å². The third-order valence-electron chi connectivity index (χ3n) is 4.01. The number of benzene rings is 2. The van der Waals surface area contributed by atoms with Crippen LogP contribution >= 0.6 is 11.6 Å². The zero-order valence-corrected chi connectivity index (χ0v) is 16.9. The molecule has 0 saturated heterocycles. The standard InChI is InChI=1S/C21H21ClN4O3/c1-3-12-29-19-7-5-4-6-15(19)13-23-25-18-14-24-26(21(27)20(18)22)16-8-10-17(28-2)11-9-16/h4-11,13-14,25H,3,12H2,1-2H3/b23-13-. The second-order valence-corrected chi connectivity index (χ2v) is 6.42. The highest BCUT2D eigenvalue weighted by Crippen LogP contribution is 2.19. The third-order valence-corrected chi connectivity index (χ3v) is 4.37. The van der Waals surface area contributed by atoms with Gasteiger partial charge in [0.15, 0.2) is 0 Å². The Balaban J connectivity index is 1.78. The van der Waals surface area contributed by atoms with Gasteiger partial charge in [0.2, 0.25) is 0 Å². The molecule has 0 atom stereocenters. The van der Waals surface area contributed by atoms with Crippen LogP contribution in [0.4, 0.5) is 5.69 Å². The Kier molecular flexibility index (Phi) is 6.86. The number of methoxy groups -OCH3 is 1. The molecule has 8 heteroatoms. The molecule has 2 aromatic carbocycles. The summed E-state index contributed by atoms with van der Waals surface area (Å²) in [6, 6.07) is 14.5. The molecule has 0 amide bonds. The van der Waals surface area contributed by atoms with Gasteiger partial charge in [0.05, 0.1) is 31.8 Å². The lowest BCUT2D eigenvalue weighted by molar-refractivity contribution is 0.317. The average molecular weight is 413 g/mol. The van der Waals surface area contributed by atoms with Crippen LogP contribution in [0.15, 0.2) is 64.6 Å². The summed E-state index contributed by atoms with van der Waals surface area (Å²) in [6.45, 7) is 2.67. The molecule has 1 aromatic heterocycles. The topological polar surface area (TPSA) is 77.7 Å². The first-order valence-electron chi connectivity index (χ1n) is 9.07. The van der Waals surface area contributed by atoms with E-state index in [2.05, 4.69) is 15.6 Å². The van der Waals surface area contributed by atoms with Crippen molar-refractivity contribution in [2.45, 2.75) is 13.3 Å². The van der Waals surface area contributed by atoms with Crippen molar-refractivity contribution in [3.8, 4) is 17.2 Å². The molecule has 0 bridgehead atoms. The molecular weight excluding hydrogens is 392 g/mol. The fraction of sp³-hybridized carbons (Fsp3) is 0.190. The van der Waals surface area contributed by atoms with E-state index in [1.165, 1.54) is 10.9 Å². The number of nitrogens with zero attached hydrogens (tertiary/aromatic N) is 3. The van der Waals surface area contributed by atoms with Gasteiger partial charge in [-0.1, -0.05) is 30.7 Å². The molecule has 3 aromatic rings. The molecule has 3 rings (SSSR count). The zero-order chi connectivity index (χ0) is 20.6. The van der Waals surface area contributed by atoms with Gasteiger partial charge >= 0.3 is 0 Å². The van der Waals surface area contributed by atoms with Gasteiger partial charge in [-0.25, -0.2) is 0 Å². The van der Waals surface area contributed by atoms with Crippen LogP contribution in [0, 0.1) is 0 Å². The summed E-state index contributed by atoms with van der Waals surface area (Å²) in [6.07, 6.45) is 3.97. The Morgan fingerprint density at radius 2 is 1.97 bits per heavy atom. The number of para-hydroxylation sites is 1. The van der Waals surface area contributed by atoms with Crippen LogP contribution in [0.2, 0.25) is 5.02 Å². The van der Waals surface area contributed by atoms with E-state index in [4.69, 9.17) is 21.1 Å². The van der Waals surface area contributed by atoms with Gasteiger partial charge in [-0.05, 0) is 42.8 Å². The van der Waals surface area contributed by atoms with Gasteiger partial charge in [-0.15, -0.1) is 0 Å². The van der Waals surface area contributed by atoms with Crippen LogP contribution in [-0.4, -0.2) is 29.7 Å². The lowest BCUT2D eigenvalue weighted by Crippen LogP contribution is -2.22. The van der Waals surface area contributed by atoms with Crippen LogP contribution in [0.3, 0.4) is 0 Å². The second-order valence-electron chi connectivity index (χ2n) is 6.04. The summed E-state index contributed by atoms with van der Waals surface area (Å²) >= 11 is 6.23. The van der Waals surface area contributed by atoms with Crippen molar-refractivity contribution in [2.75, 3.05) is 19.1 Å². The minimum absolute atomic E-state index is 0.0107. The van der Waals surface area contributed by atoms with Crippen molar-refractivity contribution in [3.05, 3.63) is 75.7 Å². The molecule has 0 fully saturated rings. The fourth-order valence-corrected chi connectivity index (χ4v) is 2.69. The number of rotatable bonds is 8. The highest BCUT2D eigenvalue weighted by atomic mass is 35.5. The van der Waals surface area contributed by atoms with Gasteiger partial charge in [0, 0.05) is 5.56 Å². The van der Waals surface area contributed by atoms with Crippen molar-refractivity contribution in [2.24, 2.45) is 5.10 Å². The molecule has 0 saturated carbocycles. The lowest BCUT2D eigenvalue weighted by atomic mass is 10.2. The Bertz CT molecular complexity index is 1050. The van der Waals surface area contributed by atoms with Gasteiger partial charge in [0.25, 0.3) is 5.56 Å². The first-order chi connectivity index (χ1) is 14.1. The van der Waals surface area contributed by atoms with E-state index < -0.39 is 5.56 Å². The number of halogens is 1. The van der Waals surface area contributed by atoms with E-state index in [1.54, 1.807) is 37.6 Å². The van der Waals surface area contributed by atoms with Crippen molar-refractivity contribution in [3.63, 3.8) is 0 Å². The molecule has 0 aliphatic heterocycles. The number of aromatic nitrogens is 2. The highest BCUT2D eigenvalue weighted by Gasteiger charge is 2.10. The van der Waals surface area contributed by atoms with Crippen LogP contribution < -0.4 is 20.5 Å². The monoisotopic (exact) mass is 412 g/mol. The van der Waals surface area contributed by atoms with E-state index in [0.29, 0.717) is 23.7 Å². The largest absolute Gasteiger partial charge is 0.497 e. The summed E-state index contributed by atoms with van der Waals surface area (Å²) in [5.74, 6) is 1.42. The second kappa shape index (κ2) is 9.75. The van der Waals surface area contributed by atoms with Crippen LogP contribution in [0.1, 0.15) is 18.9 Å². The smallest absolute Gasteiger partial charge is 0.292 e. The lowest BCUT2D eigenvalue weighted by Gasteiger charge is -2.09. The van der Waals surface area contributed by atoms with Crippen LogP contribution in [-0.2, 0) is 0 Å². The van der Waals surface area contributed by atoms with Crippen molar-refractivity contribution < 1.29 is 9.47 Å². The van der Waals surface area contributed by atoms with E-state index in [9.17, 15) is 4.79 Å². The Labute approximate surface area is 173 Å². The molecule has 29 heavy (non-hydrogen) atoms. The molecule has 0 unspecified atom stereocenters. The number of anilines is 1. The Hall–Kier alpha value is -3.32. The maximum Gasteiger partial charge on any atom is 0.292 e. The van der Waals surface area contributed by atoms with E-state index in [-0.39, 0.29) is 5.02 Å². The Morgan fingerprint density at radius 1 is 1.21 bits per heavy atom. The minimum Gasteiger partial charge on any atom is -0.497 e. The first-order valence-corrected chi connectivity index (χ1v) is 9.45. The molecule has 0 aliphatic carbocycles. The summed E-state index contributed by atoms with van der Waals surface area (Å²) in [5.41, 5.74) is 4.01. The van der Waals surface area contributed by atoms with E-state index in [0.717, 1.165) is 17.7 Å². The number of ether oxygens (including phenoxy) is 2. The normalized spacial score (nSPS) is 10.9. The summed E-state index contributed by atoms with van der Waals surface area (Å²) in [4.78, 5) is 12.6. The third kappa shape index (κ3) is 4.94. The van der Waals surface area contributed by atoms with Gasteiger partial charge in [0.1, 0.15) is 22.2 Å². The molecule has 0 radical (unpaired) electrons. The SMILES string of the molecule is CCCOc1ccccc1/C=N\Nc1cnn(-c2ccc(OC)cc2)c(=O)c1Cl. The highest BCUT2D eigenvalue weighted by molar-refractivity contribution is 6.32. The van der Waals surface area contributed by atoms with Crippen LogP contribution in [0.5, 0.6) is 11.5 Å². The number of hydrogen-bond donors (Lipinski definition) is 1. The van der Waals surface area contributed by atoms with Crippen molar-refractivity contribution >= 4 is 23.5 Å². The molecule has 1 N–H and O–H groups in total. The van der Waals surface area contributed by atoms with Crippen molar-refractivity contribution in [1.29, 1.82) is 0 Å². The zero-order valence-electron chi connectivity index (χ0n) is 16.1. The summed E-state index contributed by atoms with van der Waals surface area (Å²) in [5, 5.41) is 8.32. The van der Waals surface area contributed by atoms with Gasteiger partial charge < -0.3 is 9.47 Å². The molecule has 150 valence electrons. The first kappa shape index (κ1) is 20.4. The quantitative estimate of drug-likeness (QED) is 0.444. The molecule has 0 aliphatic rings. The number of nitrogens with one attached hydrogen (secondary N) is 1.